The molecule has 0 spiro atoms. The van der Waals surface area contributed by atoms with Gasteiger partial charge in [-0.25, -0.2) is 0 Å². The van der Waals surface area contributed by atoms with E-state index in [0.29, 0.717) is 11.5 Å². The van der Waals surface area contributed by atoms with Crippen LogP contribution >= 0.6 is 0 Å². The average Bonchev–Trinajstić information content (AvgIpc) is 2.61. The molecule has 2 aromatic carbocycles. The SMILES string of the molecule is CCC(C)C(/C(C)=C/N)c1ccc(C#N)c(-c2ccccc2C)c1. The second-order valence-electron chi connectivity index (χ2n) is 6.51. The standard InChI is InChI=1S/C22H26N2/c1-5-15(2)22(17(4)13-23)18-10-11-19(14-24)21(12-18)20-9-7-6-8-16(20)3/h6-13,15,22H,5,23H2,1-4H3/b17-13+. The molecule has 0 bridgehead atoms. The minimum absolute atomic E-state index is 0.274. The Morgan fingerprint density at radius 1 is 1.21 bits per heavy atom. The molecule has 124 valence electrons. The van der Waals surface area contributed by atoms with Crippen molar-refractivity contribution in [3.63, 3.8) is 0 Å². The first-order chi connectivity index (χ1) is 11.5. The molecule has 2 rings (SSSR count). The van der Waals surface area contributed by atoms with Crippen LogP contribution in [0.15, 0.2) is 54.2 Å². The highest BCUT2D eigenvalue weighted by molar-refractivity contribution is 5.74. The maximum Gasteiger partial charge on any atom is 0.0998 e. The maximum absolute atomic E-state index is 9.53. The molecule has 0 fully saturated rings. The molecule has 0 aliphatic heterocycles. The van der Waals surface area contributed by atoms with E-state index in [0.717, 1.165) is 17.5 Å². The third-order valence-corrected chi connectivity index (χ3v) is 4.92. The van der Waals surface area contributed by atoms with Gasteiger partial charge in [-0.1, -0.05) is 56.2 Å². The number of nitriles is 1. The molecule has 0 aliphatic carbocycles. The molecule has 0 saturated heterocycles. The lowest BCUT2D eigenvalue weighted by atomic mass is 9.79. The van der Waals surface area contributed by atoms with Crippen LogP contribution in [0.4, 0.5) is 0 Å². The van der Waals surface area contributed by atoms with Gasteiger partial charge in [-0.2, -0.15) is 5.26 Å². The molecule has 2 unspecified atom stereocenters. The molecule has 2 heteroatoms. The molecule has 0 heterocycles. The first-order valence-corrected chi connectivity index (χ1v) is 8.51. The molecule has 0 amide bonds. The van der Waals surface area contributed by atoms with Crippen LogP contribution in [-0.4, -0.2) is 0 Å². The van der Waals surface area contributed by atoms with E-state index in [4.69, 9.17) is 5.73 Å². The molecule has 2 aromatic rings. The van der Waals surface area contributed by atoms with E-state index in [1.807, 2.05) is 18.2 Å². The van der Waals surface area contributed by atoms with Crippen molar-refractivity contribution in [3.8, 4) is 17.2 Å². The predicted octanol–water partition coefficient (Wildman–Crippen LogP) is 5.53. The quantitative estimate of drug-likeness (QED) is 0.788. The van der Waals surface area contributed by atoms with E-state index in [9.17, 15) is 5.26 Å². The Labute approximate surface area is 145 Å². The fourth-order valence-electron chi connectivity index (χ4n) is 3.33. The molecule has 0 aromatic heterocycles. The maximum atomic E-state index is 9.53. The van der Waals surface area contributed by atoms with Crippen LogP contribution in [0.5, 0.6) is 0 Å². The fourth-order valence-corrected chi connectivity index (χ4v) is 3.33. The van der Waals surface area contributed by atoms with Crippen molar-refractivity contribution in [1.29, 1.82) is 5.26 Å². The van der Waals surface area contributed by atoms with Gasteiger partial charge in [0.15, 0.2) is 0 Å². The summed E-state index contributed by atoms with van der Waals surface area (Å²) >= 11 is 0. The summed E-state index contributed by atoms with van der Waals surface area (Å²) in [5.74, 6) is 0.762. The molecule has 24 heavy (non-hydrogen) atoms. The zero-order valence-corrected chi connectivity index (χ0v) is 15.0. The second-order valence-corrected chi connectivity index (χ2v) is 6.51. The van der Waals surface area contributed by atoms with Crippen molar-refractivity contribution in [2.45, 2.75) is 40.0 Å². The summed E-state index contributed by atoms with van der Waals surface area (Å²) in [6.07, 6.45) is 2.79. The Bertz CT molecular complexity index is 781. The van der Waals surface area contributed by atoms with E-state index in [1.54, 1.807) is 6.20 Å². The van der Waals surface area contributed by atoms with E-state index in [2.05, 4.69) is 58.0 Å². The van der Waals surface area contributed by atoms with Gasteiger partial charge in [-0.3, -0.25) is 0 Å². The third-order valence-electron chi connectivity index (χ3n) is 4.92. The first-order valence-electron chi connectivity index (χ1n) is 8.51. The number of hydrogen-bond donors (Lipinski definition) is 1. The number of hydrogen-bond acceptors (Lipinski definition) is 2. The van der Waals surface area contributed by atoms with Crippen molar-refractivity contribution in [3.05, 3.63) is 70.9 Å². The molecule has 2 N–H and O–H groups in total. The summed E-state index contributed by atoms with van der Waals surface area (Å²) in [6, 6.07) is 16.7. The van der Waals surface area contributed by atoms with Crippen LogP contribution in [0.25, 0.3) is 11.1 Å². The molecule has 0 saturated carbocycles. The summed E-state index contributed by atoms with van der Waals surface area (Å²) in [5.41, 5.74) is 12.2. The highest BCUT2D eigenvalue weighted by Gasteiger charge is 2.21. The van der Waals surface area contributed by atoms with E-state index in [-0.39, 0.29) is 5.92 Å². The van der Waals surface area contributed by atoms with Crippen LogP contribution < -0.4 is 5.73 Å². The van der Waals surface area contributed by atoms with Crippen molar-refractivity contribution < 1.29 is 0 Å². The van der Waals surface area contributed by atoms with E-state index in [1.165, 1.54) is 16.7 Å². The van der Waals surface area contributed by atoms with Gasteiger partial charge in [0.1, 0.15) is 0 Å². The van der Waals surface area contributed by atoms with Crippen molar-refractivity contribution in [2.24, 2.45) is 11.7 Å². The third kappa shape index (κ3) is 3.51. The van der Waals surface area contributed by atoms with Gasteiger partial charge in [0.25, 0.3) is 0 Å². The van der Waals surface area contributed by atoms with Gasteiger partial charge in [0.2, 0.25) is 0 Å². The number of rotatable bonds is 5. The zero-order valence-electron chi connectivity index (χ0n) is 15.0. The minimum Gasteiger partial charge on any atom is -0.405 e. The average molecular weight is 318 g/mol. The molecule has 0 aliphatic rings. The molecular weight excluding hydrogens is 292 g/mol. The summed E-state index contributed by atoms with van der Waals surface area (Å²) in [7, 11) is 0. The Balaban J connectivity index is 2.64. The largest absolute Gasteiger partial charge is 0.405 e. The van der Waals surface area contributed by atoms with Crippen LogP contribution in [0, 0.1) is 24.2 Å². The number of benzene rings is 2. The van der Waals surface area contributed by atoms with Gasteiger partial charge in [0, 0.05) is 5.92 Å². The molecule has 2 nitrogen and oxygen atoms in total. The fraction of sp³-hybridized carbons (Fsp3) is 0.318. The number of nitrogens with zero attached hydrogens (tertiary/aromatic N) is 1. The number of nitrogens with two attached hydrogens (primary N) is 1. The number of allylic oxidation sites excluding steroid dienone is 1. The normalized spacial score (nSPS) is 14.0. The molecular formula is C22H26N2. The minimum atomic E-state index is 0.274. The zero-order chi connectivity index (χ0) is 17.7. The lowest BCUT2D eigenvalue weighted by Gasteiger charge is -2.25. The lowest BCUT2D eigenvalue weighted by Crippen LogP contribution is -2.12. The van der Waals surface area contributed by atoms with Crippen LogP contribution in [0.3, 0.4) is 0 Å². The Kier molecular flexibility index (Phi) is 5.82. The molecule has 2 atom stereocenters. The Morgan fingerprint density at radius 2 is 1.92 bits per heavy atom. The highest BCUT2D eigenvalue weighted by atomic mass is 14.5. The Hall–Kier alpha value is -2.53. The van der Waals surface area contributed by atoms with E-state index < -0.39 is 0 Å². The predicted molar refractivity (Wildman–Crippen MR) is 101 cm³/mol. The smallest absolute Gasteiger partial charge is 0.0998 e. The summed E-state index contributed by atoms with van der Waals surface area (Å²) < 4.78 is 0. The number of aryl methyl sites for hydroxylation is 1. The lowest BCUT2D eigenvalue weighted by molar-refractivity contribution is 0.489. The topological polar surface area (TPSA) is 49.8 Å². The van der Waals surface area contributed by atoms with Gasteiger partial charge in [0.05, 0.1) is 11.6 Å². The van der Waals surface area contributed by atoms with Gasteiger partial charge in [-0.15, -0.1) is 0 Å². The van der Waals surface area contributed by atoms with Crippen molar-refractivity contribution in [2.75, 3.05) is 0 Å². The second kappa shape index (κ2) is 7.84. The van der Waals surface area contributed by atoms with E-state index >= 15 is 0 Å². The summed E-state index contributed by atoms with van der Waals surface area (Å²) in [5, 5.41) is 9.53. The van der Waals surface area contributed by atoms with Crippen LogP contribution in [0.2, 0.25) is 0 Å². The van der Waals surface area contributed by atoms with Gasteiger partial charge in [-0.05, 0) is 60.4 Å². The van der Waals surface area contributed by atoms with Gasteiger partial charge < -0.3 is 5.73 Å². The summed E-state index contributed by atoms with van der Waals surface area (Å²) in [6.45, 7) is 8.62. The van der Waals surface area contributed by atoms with Crippen LogP contribution in [-0.2, 0) is 0 Å². The summed E-state index contributed by atoms with van der Waals surface area (Å²) in [4.78, 5) is 0. The first kappa shape index (κ1) is 17.8. The highest BCUT2D eigenvalue weighted by Crippen LogP contribution is 2.36. The van der Waals surface area contributed by atoms with Crippen molar-refractivity contribution in [1.82, 2.24) is 0 Å². The van der Waals surface area contributed by atoms with Gasteiger partial charge >= 0.3 is 0 Å². The monoisotopic (exact) mass is 318 g/mol. The molecule has 0 radical (unpaired) electrons. The van der Waals surface area contributed by atoms with Crippen molar-refractivity contribution >= 4 is 0 Å². The Morgan fingerprint density at radius 3 is 2.50 bits per heavy atom. The van der Waals surface area contributed by atoms with Crippen LogP contribution in [0.1, 0.15) is 49.8 Å².